The fourth-order valence-corrected chi connectivity index (χ4v) is 1.81. The number of carbonyl (C=O) groups is 1. The Bertz CT molecular complexity index is 405. The molecule has 20 heavy (non-hydrogen) atoms. The molecule has 0 fully saturated rings. The molecule has 1 rings (SSSR count). The molecule has 0 radical (unpaired) electrons. The maximum absolute atomic E-state index is 11.7. The fraction of sp³-hybridized carbons (Fsp3) is 0.562. The van der Waals surface area contributed by atoms with E-state index in [4.69, 9.17) is 4.74 Å². The van der Waals surface area contributed by atoms with Gasteiger partial charge in [0.05, 0.1) is 18.3 Å². The third kappa shape index (κ3) is 6.45. The van der Waals surface area contributed by atoms with Crippen molar-refractivity contribution < 1.29 is 9.53 Å². The Labute approximate surface area is 121 Å². The molecule has 0 aromatic heterocycles. The zero-order chi connectivity index (χ0) is 14.8. The third-order valence-corrected chi connectivity index (χ3v) is 2.79. The molecule has 1 amide bonds. The summed E-state index contributed by atoms with van der Waals surface area (Å²) in [4.78, 5) is 11.7. The summed E-state index contributed by atoms with van der Waals surface area (Å²) >= 11 is 0. The molecule has 4 heteroatoms. The van der Waals surface area contributed by atoms with Gasteiger partial charge in [-0.3, -0.25) is 4.79 Å². The highest BCUT2D eigenvalue weighted by Gasteiger charge is 2.06. The number of nitrogens with one attached hydrogen (secondary N) is 2. The van der Waals surface area contributed by atoms with Crippen molar-refractivity contribution in [2.24, 2.45) is 0 Å². The lowest BCUT2D eigenvalue weighted by Gasteiger charge is -2.15. The van der Waals surface area contributed by atoms with Crippen molar-refractivity contribution in [1.82, 2.24) is 5.32 Å². The molecule has 0 atom stereocenters. The number of carbonyl (C=O) groups excluding carboxylic acids is 1. The van der Waals surface area contributed by atoms with Crippen molar-refractivity contribution in [3.63, 3.8) is 0 Å². The molecule has 0 bridgehead atoms. The maximum Gasteiger partial charge on any atom is 0.239 e. The van der Waals surface area contributed by atoms with Crippen molar-refractivity contribution >= 4 is 11.6 Å². The Kier molecular flexibility index (Phi) is 7.55. The van der Waals surface area contributed by atoms with Crippen LogP contribution in [0.5, 0.6) is 5.75 Å². The van der Waals surface area contributed by atoms with Gasteiger partial charge >= 0.3 is 0 Å². The minimum atomic E-state index is 0.0143. The molecule has 0 saturated heterocycles. The molecule has 0 saturated carbocycles. The minimum Gasteiger partial charge on any atom is -0.489 e. The molecule has 1 aromatic rings. The molecule has 0 heterocycles. The molecular weight excluding hydrogens is 252 g/mol. The number of benzene rings is 1. The zero-order valence-electron chi connectivity index (χ0n) is 12.7. The van der Waals surface area contributed by atoms with Crippen LogP contribution in [-0.2, 0) is 4.79 Å². The SMILES string of the molecule is CCCCCNC(=O)CNc1ccccc1OC(C)C. The number of rotatable bonds is 9. The molecule has 0 aliphatic heterocycles. The first-order valence-corrected chi connectivity index (χ1v) is 7.39. The lowest BCUT2D eigenvalue weighted by atomic mass is 10.2. The fourth-order valence-electron chi connectivity index (χ4n) is 1.81. The van der Waals surface area contributed by atoms with E-state index in [0.29, 0.717) is 0 Å². The normalized spacial score (nSPS) is 10.4. The van der Waals surface area contributed by atoms with Crippen LogP contribution in [0.2, 0.25) is 0 Å². The number of ether oxygens (including phenoxy) is 1. The van der Waals surface area contributed by atoms with Crippen LogP contribution in [0.4, 0.5) is 5.69 Å². The number of amides is 1. The number of hydrogen-bond acceptors (Lipinski definition) is 3. The topological polar surface area (TPSA) is 50.4 Å². The Balaban J connectivity index is 2.39. The molecule has 0 aliphatic carbocycles. The molecule has 112 valence electrons. The van der Waals surface area contributed by atoms with E-state index in [1.54, 1.807) is 0 Å². The maximum atomic E-state index is 11.7. The quantitative estimate of drug-likeness (QED) is 0.682. The summed E-state index contributed by atoms with van der Waals surface area (Å²) in [7, 11) is 0. The summed E-state index contributed by atoms with van der Waals surface area (Å²) < 4.78 is 5.70. The molecule has 1 aromatic carbocycles. The van der Waals surface area contributed by atoms with Crippen LogP contribution < -0.4 is 15.4 Å². The molecule has 0 aliphatic rings. The van der Waals surface area contributed by atoms with E-state index in [1.807, 2.05) is 38.1 Å². The van der Waals surface area contributed by atoms with Crippen LogP contribution in [0.15, 0.2) is 24.3 Å². The summed E-state index contributed by atoms with van der Waals surface area (Å²) in [5.41, 5.74) is 0.852. The second-order valence-corrected chi connectivity index (χ2v) is 5.07. The predicted octanol–water partition coefficient (Wildman–Crippen LogP) is 3.19. The summed E-state index contributed by atoms with van der Waals surface area (Å²) in [6.45, 7) is 7.13. The van der Waals surface area contributed by atoms with E-state index in [1.165, 1.54) is 0 Å². The van der Waals surface area contributed by atoms with Crippen LogP contribution in [-0.4, -0.2) is 25.1 Å². The summed E-state index contributed by atoms with van der Waals surface area (Å²) in [6.07, 6.45) is 3.46. The Morgan fingerprint density at radius 1 is 1.25 bits per heavy atom. The van der Waals surface area contributed by atoms with Gasteiger partial charge in [-0.15, -0.1) is 0 Å². The standard InChI is InChI=1S/C16H26N2O2/c1-4-5-8-11-17-16(19)12-18-14-9-6-7-10-15(14)20-13(2)3/h6-7,9-10,13,18H,4-5,8,11-12H2,1-3H3,(H,17,19). The molecule has 2 N–H and O–H groups in total. The number of para-hydroxylation sites is 2. The number of anilines is 1. The van der Waals surface area contributed by atoms with E-state index >= 15 is 0 Å². The van der Waals surface area contributed by atoms with Crippen LogP contribution in [0.3, 0.4) is 0 Å². The van der Waals surface area contributed by atoms with E-state index < -0.39 is 0 Å². The van der Waals surface area contributed by atoms with E-state index in [2.05, 4.69) is 17.6 Å². The Hall–Kier alpha value is -1.71. The van der Waals surface area contributed by atoms with Crippen LogP contribution >= 0.6 is 0 Å². The smallest absolute Gasteiger partial charge is 0.239 e. The van der Waals surface area contributed by atoms with Gasteiger partial charge in [0, 0.05) is 6.54 Å². The summed E-state index contributed by atoms with van der Waals surface area (Å²) in [6, 6.07) is 7.67. The van der Waals surface area contributed by atoms with Gasteiger partial charge in [0.25, 0.3) is 0 Å². The van der Waals surface area contributed by atoms with Crippen molar-refractivity contribution in [3.05, 3.63) is 24.3 Å². The van der Waals surface area contributed by atoms with E-state index in [0.717, 1.165) is 37.2 Å². The van der Waals surface area contributed by atoms with Crippen LogP contribution in [0.25, 0.3) is 0 Å². The van der Waals surface area contributed by atoms with Gasteiger partial charge in [0.1, 0.15) is 5.75 Å². The first kappa shape index (κ1) is 16.3. The van der Waals surface area contributed by atoms with Crippen molar-refractivity contribution in [3.8, 4) is 5.75 Å². The van der Waals surface area contributed by atoms with E-state index in [9.17, 15) is 4.79 Å². The monoisotopic (exact) mass is 278 g/mol. The van der Waals surface area contributed by atoms with Gasteiger partial charge in [-0.1, -0.05) is 31.9 Å². The highest BCUT2D eigenvalue weighted by Crippen LogP contribution is 2.24. The van der Waals surface area contributed by atoms with Crippen molar-refractivity contribution in [2.45, 2.75) is 46.1 Å². The van der Waals surface area contributed by atoms with Crippen LogP contribution in [0, 0.1) is 0 Å². The van der Waals surface area contributed by atoms with Crippen LogP contribution in [0.1, 0.15) is 40.0 Å². The number of hydrogen-bond donors (Lipinski definition) is 2. The van der Waals surface area contributed by atoms with Gasteiger partial charge in [0.2, 0.25) is 5.91 Å². The van der Waals surface area contributed by atoms with Gasteiger partial charge in [-0.2, -0.15) is 0 Å². The van der Waals surface area contributed by atoms with Gasteiger partial charge in [0.15, 0.2) is 0 Å². The number of unbranched alkanes of at least 4 members (excludes halogenated alkanes) is 2. The van der Waals surface area contributed by atoms with Crippen molar-refractivity contribution in [1.29, 1.82) is 0 Å². The molecular formula is C16H26N2O2. The average Bonchev–Trinajstić information content (AvgIpc) is 2.42. The molecule has 4 nitrogen and oxygen atoms in total. The first-order chi connectivity index (χ1) is 9.63. The third-order valence-electron chi connectivity index (χ3n) is 2.79. The van der Waals surface area contributed by atoms with E-state index in [-0.39, 0.29) is 18.6 Å². The lowest BCUT2D eigenvalue weighted by Crippen LogP contribution is -2.30. The molecule has 0 spiro atoms. The predicted molar refractivity (Wildman–Crippen MR) is 83.2 cm³/mol. The Morgan fingerprint density at radius 3 is 2.70 bits per heavy atom. The summed E-state index contributed by atoms with van der Waals surface area (Å²) in [5.74, 6) is 0.793. The molecule has 0 unspecified atom stereocenters. The Morgan fingerprint density at radius 2 is 2.00 bits per heavy atom. The first-order valence-electron chi connectivity index (χ1n) is 7.39. The minimum absolute atomic E-state index is 0.0143. The largest absolute Gasteiger partial charge is 0.489 e. The highest BCUT2D eigenvalue weighted by molar-refractivity contribution is 5.81. The zero-order valence-corrected chi connectivity index (χ0v) is 12.7. The second-order valence-electron chi connectivity index (χ2n) is 5.07. The highest BCUT2D eigenvalue weighted by atomic mass is 16.5. The second kappa shape index (κ2) is 9.23. The van der Waals surface area contributed by atoms with Gasteiger partial charge in [-0.25, -0.2) is 0 Å². The van der Waals surface area contributed by atoms with Crippen molar-refractivity contribution in [2.75, 3.05) is 18.4 Å². The lowest BCUT2D eigenvalue weighted by molar-refractivity contribution is -0.119. The van der Waals surface area contributed by atoms with Gasteiger partial charge in [-0.05, 0) is 32.4 Å². The van der Waals surface area contributed by atoms with Gasteiger partial charge < -0.3 is 15.4 Å². The average molecular weight is 278 g/mol. The summed E-state index contributed by atoms with van der Waals surface area (Å²) in [5, 5.41) is 6.03.